The Labute approximate surface area is 114 Å². The Balaban J connectivity index is 2.45. The zero-order valence-electron chi connectivity index (χ0n) is 11.5. The lowest BCUT2D eigenvalue weighted by atomic mass is 10.1. The first-order valence-electron chi connectivity index (χ1n) is 6.38. The quantitative estimate of drug-likeness (QED) is 0.577. The van der Waals surface area contributed by atoms with Gasteiger partial charge >= 0.3 is 5.97 Å². The van der Waals surface area contributed by atoms with E-state index in [0.29, 0.717) is 0 Å². The van der Waals surface area contributed by atoms with Crippen LogP contribution in [0.5, 0.6) is 0 Å². The van der Waals surface area contributed by atoms with Gasteiger partial charge in [0, 0.05) is 25.8 Å². The molecule has 0 radical (unpaired) electrons. The molecule has 19 heavy (non-hydrogen) atoms. The van der Waals surface area contributed by atoms with Gasteiger partial charge in [-0.1, -0.05) is 24.3 Å². The molecule has 0 spiro atoms. The molecule has 0 fully saturated rings. The number of aliphatic carboxylic acids is 1. The van der Waals surface area contributed by atoms with Crippen molar-refractivity contribution < 1.29 is 14.6 Å². The van der Waals surface area contributed by atoms with Gasteiger partial charge in [0.15, 0.2) is 0 Å². The summed E-state index contributed by atoms with van der Waals surface area (Å²) < 4.78 is 5.31. The van der Waals surface area contributed by atoms with Gasteiger partial charge in [0.25, 0.3) is 0 Å². The smallest absolute Gasteiger partial charge is 0.328 e. The Morgan fingerprint density at radius 1 is 1.37 bits per heavy atom. The maximum absolute atomic E-state index is 10.4. The first-order chi connectivity index (χ1) is 9.11. The summed E-state index contributed by atoms with van der Waals surface area (Å²) >= 11 is 0. The molecule has 1 N–H and O–H groups in total. The van der Waals surface area contributed by atoms with Crippen LogP contribution in [0.3, 0.4) is 0 Å². The molecule has 0 aliphatic rings. The van der Waals surface area contributed by atoms with E-state index in [2.05, 4.69) is 11.9 Å². The average Bonchev–Trinajstić information content (AvgIpc) is 2.38. The lowest BCUT2D eigenvalue weighted by Gasteiger charge is -2.16. The van der Waals surface area contributed by atoms with Crippen LogP contribution in [0.15, 0.2) is 30.3 Å². The van der Waals surface area contributed by atoms with Gasteiger partial charge in [0.05, 0.1) is 6.61 Å². The minimum Gasteiger partial charge on any atom is -0.478 e. The molecular weight excluding hydrogens is 242 g/mol. The number of hydrogen-bond donors (Lipinski definition) is 1. The predicted octanol–water partition coefficient (Wildman–Crippen LogP) is 2.25. The number of likely N-dealkylation sites (N-methyl/N-ethyl adjacent to an activating group) is 1. The van der Waals surface area contributed by atoms with Gasteiger partial charge in [-0.3, -0.25) is 4.90 Å². The van der Waals surface area contributed by atoms with E-state index in [0.717, 1.165) is 37.9 Å². The summed E-state index contributed by atoms with van der Waals surface area (Å²) in [4.78, 5) is 12.6. The predicted molar refractivity (Wildman–Crippen MR) is 75.9 cm³/mol. The summed E-state index contributed by atoms with van der Waals surface area (Å²) in [5, 5.41) is 8.55. The number of hydrogen-bond acceptors (Lipinski definition) is 3. The van der Waals surface area contributed by atoms with E-state index in [9.17, 15) is 4.79 Å². The molecule has 0 heterocycles. The lowest BCUT2D eigenvalue weighted by molar-refractivity contribution is -0.131. The highest BCUT2D eigenvalue weighted by Gasteiger charge is 2.00. The minimum absolute atomic E-state index is 0.742. The number of carboxylic acid groups (broad SMARTS) is 1. The van der Waals surface area contributed by atoms with Crippen LogP contribution in [0, 0.1) is 0 Å². The number of nitrogens with zero attached hydrogens (tertiary/aromatic N) is 1. The Morgan fingerprint density at radius 2 is 2.05 bits per heavy atom. The van der Waals surface area contributed by atoms with Crippen molar-refractivity contribution in [1.29, 1.82) is 0 Å². The molecule has 104 valence electrons. The fraction of sp³-hybridized carbons (Fsp3) is 0.400. The first kappa shape index (κ1) is 15.4. The lowest BCUT2D eigenvalue weighted by Crippen LogP contribution is -2.22. The second kappa shape index (κ2) is 8.45. The molecule has 0 saturated carbocycles. The summed E-state index contributed by atoms with van der Waals surface area (Å²) in [5.41, 5.74) is 2.09. The highest BCUT2D eigenvalue weighted by Crippen LogP contribution is 2.08. The largest absolute Gasteiger partial charge is 0.478 e. The molecule has 0 aliphatic carbocycles. The Bertz CT molecular complexity index is 412. The van der Waals surface area contributed by atoms with Crippen molar-refractivity contribution in [3.63, 3.8) is 0 Å². The fourth-order valence-electron chi connectivity index (χ4n) is 1.66. The van der Waals surface area contributed by atoms with Gasteiger partial charge in [0.2, 0.25) is 0 Å². The van der Waals surface area contributed by atoms with Crippen molar-refractivity contribution in [2.45, 2.75) is 13.5 Å². The van der Waals surface area contributed by atoms with Crippen LogP contribution in [-0.4, -0.2) is 42.8 Å². The standard InChI is InChI=1S/C15H21NO3/c1-3-19-11-10-16(2)12-14-6-4-13(5-7-14)8-9-15(17)18/h4-9H,3,10-12H2,1-2H3,(H,17,18)/b9-8+. The van der Waals surface area contributed by atoms with Crippen molar-refractivity contribution in [2.75, 3.05) is 26.8 Å². The third-order valence-electron chi connectivity index (χ3n) is 2.67. The fourth-order valence-corrected chi connectivity index (χ4v) is 1.66. The summed E-state index contributed by atoms with van der Waals surface area (Å²) in [7, 11) is 2.05. The SMILES string of the molecule is CCOCCN(C)Cc1ccc(/C=C/C(=O)O)cc1. The van der Waals surface area contributed by atoms with Gasteiger partial charge in [-0.15, -0.1) is 0 Å². The summed E-state index contributed by atoms with van der Waals surface area (Å²) in [6.07, 6.45) is 2.73. The highest BCUT2D eigenvalue weighted by atomic mass is 16.5. The van der Waals surface area contributed by atoms with Crippen molar-refractivity contribution in [3.8, 4) is 0 Å². The van der Waals surface area contributed by atoms with E-state index >= 15 is 0 Å². The molecule has 0 aromatic heterocycles. The van der Waals surface area contributed by atoms with E-state index in [1.807, 2.05) is 31.2 Å². The van der Waals surface area contributed by atoms with Crippen LogP contribution < -0.4 is 0 Å². The Morgan fingerprint density at radius 3 is 2.63 bits per heavy atom. The minimum atomic E-state index is -0.931. The molecule has 1 aromatic carbocycles. The second-order valence-electron chi connectivity index (χ2n) is 4.35. The van der Waals surface area contributed by atoms with Gasteiger partial charge < -0.3 is 9.84 Å². The third-order valence-corrected chi connectivity index (χ3v) is 2.67. The number of carbonyl (C=O) groups is 1. The van der Waals surface area contributed by atoms with Crippen molar-refractivity contribution in [2.24, 2.45) is 0 Å². The Kier molecular flexibility index (Phi) is 6.85. The van der Waals surface area contributed by atoms with Gasteiger partial charge in [-0.25, -0.2) is 4.79 Å². The van der Waals surface area contributed by atoms with Crippen molar-refractivity contribution in [1.82, 2.24) is 4.90 Å². The van der Waals surface area contributed by atoms with Gasteiger partial charge in [-0.05, 0) is 31.2 Å². The van der Waals surface area contributed by atoms with Crippen molar-refractivity contribution in [3.05, 3.63) is 41.5 Å². The van der Waals surface area contributed by atoms with Crippen LogP contribution in [0.25, 0.3) is 6.08 Å². The van der Waals surface area contributed by atoms with Crippen LogP contribution in [-0.2, 0) is 16.1 Å². The third kappa shape index (κ3) is 6.74. The highest BCUT2D eigenvalue weighted by molar-refractivity contribution is 5.85. The first-order valence-corrected chi connectivity index (χ1v) is 6.38. The number of rotatable bonds is 8. The molecule has 1 rings (SSSR count). The molecule has 0 amide bonds. The van der Waals surface area contributed by atoms with Gasteiger partial charge in [0.1, 0.15) is 0 Å². The molecule has 0 bridgehead atoms. The molecule has 4 nitrogen and oxygen atoms in total. The van der Waals surface area contributed by atoms with E-state index in [-0.39, 0.29) is 0 Å². The monoisotopic (exact) mass is 263 g/mol. The number of carboxylic acids is 1. The molecule has 1 aromatic rings. The number of benzene rings is 1. The molecule has 4 heteroatoms. The van der Waals surface area contributed by atoms with Crippen molar-refractivity contribution >= 4 is 12.0 Å². The van der Waals surface area contributed by atoms with Gasteiger partial charge in [-0.2, -0.15) is 0 Å². The average molecular weight is 263 g/mol. The van der Waals surface area contributed by atoms with E-state index in [4.69, 9.17) is 9.84 Å². The van der Waals surface area contributed by atoms with Crippen LogP contribution in [0.2, 0.25) is 0 Å². The maximum atomic E-state index is 10.4. The van der Waals surface area contributed by atoms with Crippen LogP contribution in [0.4, 0.5) is 0 Å². The zero-order valence-corrected chi connectivity index (χ0v) is 11.5. The molecule has 0 saturated heterocycles. The topological polar surface area (TPSA) is 49.8 Å². The van der Waals surface area contributed by atoms with E-state index in [1.54, 1.807) is 6.08 Å². The number of ether oxygens (including phenoxy) is 1. The molecule has 0 atom stereocenters. The van der Waals surface area contributed by atoms with E-state index < -0.39 is 5.97 Å². The maximum Gasteiger partial charge on any atom is 0.328 e. The summed E-state index contributed by atoms with van der Waals surface area (Å²) in [6, 6.07) is 7.87. The normalized spacial score (nSPS) is 11.3. The molecule has 0 aliphatic heterocycles. The van der Waals surface area contributed by atoms with Crippen LogP contribution >= 0.6 is 0 Å². The Hall–Kier alpha value is -1.65. The zero-order chi connectivity index (χ0) is 14.1. The molecule has 0 unspecified atom stereocenters. The molecular formula is C15H21NO3. The van der Waals surface area contributed by atoms with E-state index in [1.165, 1.54) is 5.56 Å². The van der Waals surface area contributed by atoms with Crippen LogP contribution in [0.1, 0.15) is 18.1 Å². The second-order valence-corrected chi connectivity index (χ2v) is 4.35. The summed E-state index contributed by atoms with van der Waals surface area (Å²) in [5.74, 6) is -0.931. The summed E-state index contributed by atoms with van der Waals surface area (Å²) in [6.45, 7) is 5.23.